The Kier molecular flexibility index (Phi) is 29.6. The van der Waals surface area contributed by atoms with Gasteiger partial charge in [0.15, 0.2) is 12.5 Å². The number of nitrogens with one attached hydrogen (secondary N) is 4. The zero-order valence-corrected chi connectivity index (χ0v) is 53.1. The van der Waals surface area contributed by atoms with Gasteiger partial charge in [0, 0.05) is 39.0 Å². The number of nitrogens with zero attached hydrogens (tertiary/aromatic N) is 8. The number of aromatic nitrogens is 3. The summed E-state index contributed by atoms with van der Waals surface area (Å²) in [6.07, 6.45) is 0.301. The number of hydrogen-bond acceptors (Lipinski definition) is 17. The number of carbonyl (C=O) groups excluding carboxylic acids is 6. The van der Waals surface area contributed by atoms with Crippen LogP contribution in [-0.2, 0) is 35.2 Å². The van der Waals surface area contributed by atoms with Crippen molar-refractivity contribution in [1.29, 1.82) is 0 Å². The Morgan fingerprint density at radius 1 is 0.682 bits per heavy atom. The molecule has 1 aromatic heterocycles. The highest BCUT2D eigenvalue weighted by atomic mass is 127. The highest BCUT2D eigenvalue weighted by Crippen LogP contribution is 2.31. The van der Waals surface area contributed by atoms with Crippen molar-refractivity contribution >= 4 is 80.6 Å². The number of amides is 6. The van der Waals surface area contributed by atoms with Gasteiger partial charge in [-0.1, -0.05) is 128 Å². The summed E-state index contributed by atoms with van der Waals surface area (Å²) in [6, 6.07) is 28.7. The summed E-state index contributed by atoms with van der Waals surface area (Å²) in [6.45, 7) is 6.35. The summed E-state index contributed by atoms with van der Waals surface area (Å²) < 4.78 is 13.7. The lowest BCUT2D eigenvalue weighted by molar-refractivity contribution is -0.219. The molecule has 88 heavy (non-hydrogen) atoms. The Balaban J connectivity index is 0.000000271. The van der Waals surface area contributed by atoms with Crippen LogP contribution in [0.4, 0.5) is 0 Å². The van der Waals surface area contributed by atoms with Crippen LogP contribution in [-0.4, -0.2) is 179 Å². The first-order valence-corrected chi connectivity index (χ1v) is 30.4. The number of aliphatic hydroxyl groups is 6. The second kappa shape index (κ2) is 36.4. The lowest BCUT2D eigenvalue weighted by Gasteiger charge is -2.42. The number of azide groups is 1. The van der Waals surface area contributed by atoms with Crippen LogP contribution in [0.5, 0.6) is 0 Å². The number of hydrogen-bond donors (Lipinski definition) is 10. The van der Waals surface area contributed by atoms with Gasteiger partial charge < -0.3 is 71.2 Å². The number of carbonyl (C=O) groups is 6. The maximum Gasteiger partial charge on any atom is 0.256 e. The number of ether oxygens (including phenoxy) is 2. The highest BCUT2D eigenvalue weighted by molar-refractivity contribution is 14.1. The fourth-order valence-corrected chi connectivity index (χ4v) is 10.7. The van der Waals surface area contributed by atoms with Crippen molar-refractivity contribution in [2.45, 2.75) is 133 Å². The van der Waals surface area contributed by atoms with Crippen molar-refractivity contribution in [2.24, 2.45) is 5.11 Å². The molecule has 0 aliphatic carbocycles. The number of benzene rings is 4. The third kappa shape index (κ3) is 19.7. The molecule has 2 fully saturated rings. The molecule has 0 bridgehead atoms. The summed E-state index contributed by atoms with van der Waals surface area (Å²) in [5.41, 5.74) is 10.9. The quantitative estimate of drug-likeness (QED) is 0.0112. The molecule has 0 radical (unpaired) electrons. The van der Waals surface area contributed by atoms with Crippen LogP contribution in [0.1, 0.15) is 109 Å². The Morgan fingerprint density at radius 2 is 1.12 bits per heavy atom. The van der Waals surface area contributed by atoms with Crippen LogP contribution >= 0.6 is 45.2 Å². The zero-order valence-electron chi connectivity index (χ0n) is 48.8. The van der Waals surface area contributed by atoms with Gasteiger partial charge in [0.1, 0.15) is 60.4 Å². The topological polar surface area (TPSA) is 376 Å². The van der Waals surface area contributed by atoms with E-state index in [1.54, 1.807) is 48.5 Å². The van der Waals surface area contributed by atoms with E-state index in [4.69, 9.17) is 26.5 Å². The molecule has 2 aliphatic rings. The van der Waals surface area contributed by atoms with Gasteiger partial charge in [0.05, 0.1) is 49.7 Å². The lowest BCUT2D eigenvalue weighted by Crippen LogP contribution is -2.63. The van der Waals surface area contributed by atoms with E-state index in [2.05, 4.69) is 99.6 Å². The fourth-order valence-electron chi connectivity index (χ4n) is 9.46. The van der Waals surface area contributed by atoms with E-state index >= 15 is 0 Å². The first-order valence-electron chi connectivity index (χ1n) is 28.2. The van der Waals surface area contributed by atoms with Gasteiger partial charge in [-0.05, 0) is 98.9 Å². The van der Waals surface area contributed by atoms with E-state index in [-0.39, 0.29) is 36.5 Å². The van der Waals surface area contributed by atoms with Crippen molar-refractivity contribution in [3.05, 3.63) is 161 Å². The van der Waals surface area contributed by atoms with E-state index in [9.17, 15) is 54.3 Å². The maximum atomic E-state index is 14.2. The van der Waals surface area contributed by atoms with Gasteiger partial charge in [-0.15, -0.1) is 11.5 Å². The van der Waals surface area contributed by atoms with Crippen LogP contribution in [0.15, 0.2) is 121 Å². The average Bonchev–Trinajstić information content (AvgIpc) is 2.48. The predicted molar refractivity (Wildman–Crippen MR) is 337 cm³/mol. The van der Waals surface area contributed by atoms with Gasteiger partial charge in [-0.3, -0.25) is 28.8 Å². The van der Waals surface area contributed by atoms with Gasteiger partial charge in [-0.2, -0.15) is 0 Å². The van der Waals surface area contributed by atoms with Crippen LogP contribution < -0.4 is 21.3 Å². The molecule has 0 saturated carbocycles. The summed E-state index contributed by atoms with van der Waals surface area (Å²) in [7, 11) is 0. The van der Waals surface area contributed by atoms with Crippen LogP contribution in [0.3, 0.4) is 0 Å². The molecule has 2 saturated heterocycles. The van der Waals surface area contributed by atoms with Gasteiger partial charge >= 0.3 is 0 Å². The molecule has 7 rings (SSSR count). The minimum absolute atomic E-state index is 0.0462. The molecule has 6 amide bonds. The zero-order chi connectivity index (χ0) is 64.5. The number of rotatable bonds is 23. The molecule has 4 aromatic carbocycles. The predicted octanol–water partition coefficient (Wildman–Crippen LogP) is 3.56. The number of unbranched alkanes of at least 4 members (excludes halogenated alkanes) is 2. The average molecular weight is 1440 g/mol. The van der Waals surface area contributed by atoms with Crippen molar-refractivity contribution in [3.8, 4) is 12.3 Å². The van der Waals surface area contributed by atoms with E-state index < -0.39 is 104 Å². The van der Waals surface area contributed by atoms with Crippen LogP contribution in [0, 0.1) is 19.5 Å². The Morgan fingerprint density at radius 3 is 1.58 bits per heavy atom. The summed E-state index contributed by atoms with van der Waals surface area (Å²) in [4.78, 5) is 82.4. The first kappa shape index (κ1) is 71.6. The van der Waals surface area contributed by atoms with Crippen molar-refractivity contribution < 1.29 is 68.9 Å². The van der Waals surface area contributed by atoms with E-state index in [1.807, 2.05) is 67.6 Å². The molecule has 28 heteroatoms. The molecule has 5 aromatic rings. The minimum Gasteiger partial charge on any atom is -0.394 e. The highest BCUT2D eigenvalue weighted by Gasteiger charge is 2.47. The standard InChI is InChI=1S/C30H37IN6O7.C22H23IN2O2.C8H14N4O5/c1-3-4-14-32-28(42)25(19-10-6-5-7-11-19)36(29(43)21-12-8-9-13-22(21)31)15-20-16-37(35-34-20)30-24(33-18(2)39)27(41)26(40)23(17-38)44-30;1-3-5-15-24-21(26)20(17-11-7-6-8-12-17)25(16-4-2)22(27)18-13-9-10-14-19(18)23;1-3(14)10-5-7(16)6(15)4(2-13)17-8(5)11-12-9/h5-13,16,23-27,30,38,40-41H,3-4,14-15,17H2,1-2H3,(H,32,42)(H,33,39);2,6-14,20H,3,5,15-16H2,1H3,(H,24,26);4-8,13,15-16H,2H2,1H3,(H,10,14). The molecule has 10 N–H and O–H groups in total. The molecular formula is C60H74I2N12O14. The molecule has 3 heterocycles. The molecule has 2 aliphatic heterocycles. The van der Waals surface area contributed by atoms with E-state index in [0.717, 1.165) is 34.8 Å². The Labute approximate surface area is 536 Å². The normalized spacial score (nSPS) is 21.7. The SMILES string of the molecule is C#CCN(C(=O)c1ccccc1I)C(C(=O)NCCCC)c1ccccc1.CC(=O)NC1C(N=[N+]=[N-])OC(CO)C(O)C1O.CCCCNC(=O)C(c1ccccc1)N(Cc1cn(C2OC(CO)C(O)C(O)C2NC(C)=O)nn1)C(=O)c1ccccc1I. The number of terminal acetylenes is 1. The second-order valence-electron chi connectivity index (χ2n) is 20.3. The fraction of sp³-hybridized carbons (Fsp3) is 0.433. The largest absolute Gasteiger partial charge is 0.394 e. The van der Waals surface area contributed by atoms with Gasteiger partial charge in [0.2, 0.25) is 23.6 Å². The van der Waals surface area contributed by atoms with Gasteiger partial charge in [0.25, 0.3) is 11.8 Å². The third-order valence-corrected chi connectivity index (χ3v) is 15.7. The monoisotopic (exact) mass is 1440 g/mol. The van der Waals surface area contributed by atoms with Crippen LogP contribution in [0.25, 0.3) is 10.4 Å². The van der Waals surface area contributed by atoms with E-state index in [0.29, 0.717) is 33.4 Å². The van der Waals surface area contributed by atoms with Crippen LogP contribution in [0.2, 0.25) is 0 Å². The number of aliphatic hydroxyl groups excluding tert-OH is 6. The molecule has 26 nitrogen and oxygen atoms in total. The molecule has 472 valence electrons. The summed E-state index contributed by atoms with van der Waals surface area (Å²) in [5.74, 6) is 0.373. The Hall–Kier alpha value is -7.15. The van der Waals surface area contributed by atoms with Gasteiger partial charge in [-0.25, -0.2) is 4.68 Å². The summed E-state index contributed by atoms with van der Waals surface area (Å²) >= 11 is 4.20. The lowest BCUT2D eigenvalue weighted by atomic mass is 9.96. The molecule has 12 unspecified atom stereocenters. The number of halogens is 2. The molecule has 12 atom stereocenters. The Bertz CT molecular complexity index is 3170. The van der Waals surface area contributed by atoms with E-state index in [1.165, 1.54) is 34.5 Å². The molecular weight excluding hydrogens is 1370 g/mol. The van der Waals surface area contributed by atoms with Crippen molar-refractivity contribution in [2.75, 3.05) is 32.8 Å². The summed E-state index contributed by atoms with van der Waals surface area (Å²) in [5, 5.41) is 81.5. The maximum absolute atomic E-state index is 14.2. The second-order valence-corrected chi connectivity index (χ2v) is 22.6. The minimum atomic E-state index is -1.48. The van der Waals surface area contributed by atoms with Crippen molar-refractivity contribution in [3.63, 3.8) is 0 Å². The smallest absolute Gasteiger partial charge is 0.256 e. The third-order valence-electron chi connectivity index (χ3n) is 13.9. The van der Waals surface area contributed by atoms with Crippen molar-refractivity contribution in [1.82, 2.24) is 46.1 Å². The molecule has 0 spiro atoms. The first-order chi connectivity index (χ1) is 42.3.